The second-order valence-electron chi connectivity index (χ2n) is 5.21. The van der Waals surface area contributed by atoms with E-state index in [1.165, 1.54) is 24.3 Å². The minimum atomic E-state index is -4.77. The van der Waals surface area contributed by atoms with E-state index in [2.05, 4.69) is 14.7 Å². The van der Waals surface area contributed by atoms with Gasteiger partial charge in [0.2, 0.25) is 0 Å². The van der Waals surface area contributed by atoms with Crippen molar-refractivity contribution >= 4 is 5.82 Å². The third-order valence-corrected chi connectivity index (χ3v) is 3.49. The lowest BCUT2D eigenvalue weighted by molar-refractivity contribution is -0.274. The van der Waals surface area contributed by atoms with Crippen LogP contribution < -0.4 is 10.5 Å². The van der Waals surface area contributed by atoms with Crippen molar-refractivity contribution in [1.29, 1.82) is 5.26 Å². The topological polar surface area (TPSA) is 84.8 Å². The maximum atomic E-state index is 12.3. The molecule has 0 unspecified atom stereocenters. The molecule has 2 aromatic heterocycles. The Kier molecular flexibility index (Phi) is 4.45. The number of ether oxygens (including phenoxy) is 1. The lowest BCUT2D eigenvalue weighted by atomic mass is 9.99. The van der Waals surface area contributed by atoms with Gasteiger partial charge in [0.25, 0.3) is 0 Å². The molecule has 8 heteroatoms. The number of pyridine rings is 2. The van der Waals surface area contributed by atoms with Crippen molar-refractivity contribution in [3.05, 3.63) is 60.3 Å². The smallest absolute Gasteiger partial charge is 0.406 e. The van der Waals surface area contributed by atoms with Crippen LogP contribution in [0.4, 0.5) is 19.0 Å². The summed E-state index contributed by atoms with van der Waals surface area (Å²) in [5.74, 6) is -0.340. The number of halogens is 3. The molecule has 130 valence electrons. The first kappa shape index (κ1) is 17.2. The normalized spacial score (nSPS) is 11.0. The Balaban J connectivity index is 2.06. The summed E-state index contributed by atoms with van der Waals surface area (Å²) in [6, 6.07) is 14.0. The molecule has 0 fully saturated rings. The number of hydrogen-bond donors (Lipinski definition) is 1. The van der Waals surface area contributed by atoms with E-state index in [4.69, 9.17) is 5.73 Å². The van der Waals surface area contributed by atoms with Crippen molar-refractivity contribution in [3.8, 4) is 34.3 Å². The minimum Gasteiger partial charge on any atom is -0.406 e. The zero-order chi connectivity index (χ0) is 18.7. The van der Waals surface area contributed by atoms with Gasteiger partial charge in [-0.05, 0) is 35.9 Å². The van der Waals surface area contributed by atoms with E-state index in [1.807, 2.05) is 6.07 Å². The molecule has 0 radical (unpaired) electrons. The van der Waals surface area contributed by atoms with E-state index < -0.39 is 6.36 Å². The van der Waals surface area contributed by atoms with Gasteiger partial charge in [-0.2, -0.15) is 5.26 Å². The van der Waals surface area contributed by atoms with E-state index in [0.717, 1.165) is 0 Å². The fourth-order valence-electron chi connectivity index (χ4n) is 2.39. The lowest BCUT2D eigenvalue weighted by Crippen LogP contribution is -2.16. The first-order valence-electron chi connectivity index (χ1n) is 7.35. The molecule has 2 N–H and O–H groups in total. The van der Waals surface area contributed by atoms with Gasteiger partial charge in [-0.25, -0.2) is 4.98 Å². The molecule has 0 atom stereocenters. The highest BCUT2D eigenvalue weighted by molar-refractivity contribution is 5.79. The van der Waals surface area contributed by atoms with Gasteiger partial charge >= 0.3 is 6.36 Å². The van der Waals surface area contributed by atoms with Gasteiger partial charge < -0.3 is 10.5 Å². The van der Waals surface area contributed by atoms with Crippen LogP contribution in [0.3, 0.4) is 0 Å². The summed E-state index contributed by atoms with van der Waals surface area (Å²) in [5.41, 5.74) is 7.97. The number of nitrogens with zero attached hydrogens (tertiary/aromatic N) is 3. The maximum Gasteiger partial charge on any atom is 0.573 e. The van der Waals surface area contributed by atoms with Gasteiger partial charge in [-0.3, -0.25) is 4.98 Å². The van der Waals surface area contributed by atoms with Crippen molar-refractivity contribution in [2.45, 2.75) is 6.36 Å². The number of aromatic nitrogens is 2. The van der Waals surface area contributed by atoms with E-state index in [9.17, 15) is 18.4 Å². The summed E-state index contributed by atoms with van der Waals surface area (Å²) in [6.45, 7) is 0. The van der Waals surface area contributed by atoms with Gasteiger partial charge in [0.1, 0.15) is 23.2 Å². The van der Waals surface area contributed by atoms with E-state index >= 15 is 0 Å². The molecule has 0 saturated carbocycles. The van der Waals surface area contributed by atoms with E-state index in [0.29, 0.717) is 22.5 Å². The maximum absolute atomic E-state index is 12.3. The Morgan fingerprint density at radius 3 is 2.35 bits per heavy atom. The molecule has 1 aromatic carbocycles. The van der Waals surface area contributed by atoms with Crippen LogP contribution in [0, 0.1) is 11.3 Å². The molecule has 3 rings (SSSR count). The number of nitrogens with two attached hydrogens (primary N) is 1. The molecule has 5 nitrogen and oxygen atoms in total. The van der Waals surface area contributed by atoms with Gasteiger partial charge in [-0.15, -0.1) is 13.2 Å². The molecule has 2 heterocycles. The van der Waals surface area contributed by atoms with Crippen LogP contribution in [-0.4, -0.2) is 16.3 Å². The lowest BCUT2D eigenvalue weighted by Gasteiger charge is -2.12. The highest BCUT2D eigenvalue weighted by Crippen LogP contribution is 2.32. The van der Waals surface area contributed by atoms with E-state index in [-0.39, 0.29) is 17.1 Å². The minimum absolute atomic E-state index is 0.0151. The zero-order valence-electron chi connectivity index (χ0n) is 13.2. The van der Waals surface area contributed by atoms with Crippen LogP contribution in [0.1, 0.15) is 5.56 Å². The zero-order valence-corrected chi connectivity index (χ0v) is 13.2. The molecule has 0 bridgehead atoms. The largest absolute Gasteiger partial charge is 0.573 e. The van der Waals surface area contributed by atoms with Crippen LogP contribution in [0.25, 0.3) is 22.5 Å². The second kappa shape index (κ2) is 6.72. The number of anilines is 1. The van der Waals surface area contributed by atoms with Gasteiger partial charge in [0, 0.05) is 11.8 Å². The number of rotatable bonds is 3. The molecule has 26 heavy (non-hydrogen) atoms. The van der Waals surface area contributed by atoms with Crippen LogP contribution in [0.5, 0.6) is 5.75 Å². The predicted molar refractivity (Wildman–Crippen MR) is 88.7 cm³/mol. The van der Waals surface area contributed by atoms with Crippen LogP contribution in [-0.2, 0) is 0 Å². The fourth-order valence-corrected chi connectivity index (χ4v) is 2.39. The molecule has 0 saturated heterocycles. The Morgan fingerprint density at radius 1 is 1.04 bits per heavy atom. The van der Waals surface area contributed by atoms with Crippen molar-refractivity contribution < 1.29 is 17.9 Å². The van der Waals surface area contributed by atoms with Crippen LogP contribution in [0.15, 0.2) is 54.7 Å². The number of alkyl halides is 3. The predicted octanol–water partition coefficient (Wildman–Crippen LogP) is 4.16. The molecular formula is C18H11F3N4O. The first-order chi connectivity index (χ1) is 12.4. The summed E-state index contributed by atoms with van der Waals surface area (Å²) in [7, 11) is 0. The Labute approximate surface area is 146 Å². The summed E-state index contributed by atoms with van der Waals surface area (Å²) in [6.07, 6.45) is -3.18. The van der Waals surface area contributed by atoms with Crippen molar-refractivity contribution in [2.24, 2.45) is 0 Å². The first-order valence-corrected chi connectivity index (χ1v) is 7.35. The van der Waals surface area contributed by atoms with Gasteiger partial charge in [0.15, 0.2) is 0 Å². The number of nitrogen functional groups attached to an aromatic ring is 1. The molecular weight excluding hydrogens is 345 g/mol. The van der Waals surface area contributed by atoms with Crippen molar-refractivity contribution in [1.82, 2.24) is 9.97 Å². The monoisotopic (exact) mass is 356 g/mol. The van der Waals surface area contributed by atoms with Crippen LogP contribution in [0.2, 0.25) is 0 Å². The van der Waals surface area contributed by atoms with Crippen molar-refractivity contribution in [2.75, 3.05) is 5.73 Å². The number of hydrogen-bond acceptors (Lipinski definition) is 5. The Morgan fingerprint density at radius 2 is 1.77 bits per heavy atom. The summed E-state index contributed by atoms with van der Waals surface area (Å²) < 4.78 is 40.7. The molecule has 3 aromatic rings. The highest BCUT2D eigenvalue weighted by atomic mass is 19.4. The third-order valence-electron chi connectivity index (χ3n) is 3.49. The molecule has 0 aliphatic rings. The standard InChI is InChI=1S/C18H11F3N4O/c19-18(20,21)26-12-6-4-11(5-7-12)13-9-16(15-3-1-2-8-24-15)25-17(23)14(13)10-22/h1-9H,(H2,23,25). The summed E-state index contributed by atoms with van der Waals surface area (Å²) in [5, 5.41) is 9.37. The number of benzene rings is 1. The Bertz CT molecular complexity index is 965. The molecule has 0 aliphatic carbocycles. The van der Waals surface area contributed by atoms with Gasteiger partial charge in [0.05, 0.1) is 11.4 Å². The quantitative estimate of drug-likeness (QED) is 0.761. The van der Waals surface area contributed by atoms with Crippen LogP contribution >= 0.6 is 0 Å². The van der Waals surface area contributed by atoms with Gasteiger partial charge in [-0.1, -0.05) is 18.2 Å². The third kappa shape index (κ3) is 3.72. The Hall–Kier alpha value is -3.60. The average molecular weight is 356 g/mol. The fraction of sp³-hybridized carbons (Fsp3) is 0.0556. The van der Waals surface area contributed by atoms with Crippen molar-refractivity contribution in [3.63, 3.8) is 0 Å². The molecule has 0 amide bonds. The molecule has 0 aliphatic heterocycles. The average Bonchev–Trinajstić information content (AvgIpc) is 2.61. The highest BCUT2D eigenvalue weighted by Gasteiger charge is 2.31. The summed E-state index contributed by atoms with van der Waals surface area (Å²) in [4.78, 5) is 8.37. The SMILES string of the molecule is N#Cc1c(-c2ccc(OC(F)(F)F)cc2)cc(-c2ccccn2)nc1N. The number of nitriles is 1. The van der Waals surface area contributed by atoms with E-state index in [1.54, 1.807) is 30.5 Å². The molecule has 0 spiro atoms. The second-order valence-corrected chi connectivity index (χ2v) is 5.21. The summed E-state index contributed by atoms with van der Waals surface area (Å²) >= 11 is 0.